The molecule has 0 saturated heterocycles. The van der Waals surface area contributed by atoms with Crippen molar-refractivity contribution in [2.75, 3.05) is 19.0 Å². The van der Waals surface area contributed by atoms with Gasteiger partial charge in [0.05, 0.1) is 18.4 Å². The molecule has 7 heteroatoms. The van der Waals surface area contributed by atoms with Crippen LogP contribution in [0.1, 0.15) is 36.7 Å². The third-order valence-corrected chi connectivity index (χ3v) is 3.83. The van der Waals surface area contributed by atoms with Gasteiger partial charge in [0.1, 0.15) is 17.4 Å². The molecule has 2 rings (SSSR count). The Bertz CT molecular complexity index is 842. The van der Waals surface area contributed by atoms with E-state index < -0.39 is 29.1 Å². The van der Waals surface area contributed by atoms with E-state index in [1.807, 2.05) is 12.1 Å². The Kier molecular flexibility index (Phi) is 6.15. The Hall–Kier alpha value is -2.96. The molecule has 0 radical (unpaired) electrons. The van der Waals surface area contributed by atoms with Gasteiger partial charge in [-0.15, -0.1) is 0 Å². The molecule has 1 N–H and O–H groups in total. The van der Waals surface area contributed by atoms with Crippen molar-refractivity contribution >= 4 is 17.6 Å². The lowest BCUT2D eigenvalue weighted by Gasteiger charge is -2.19. The van der Waals surface area contributed by atoms with E-state index in [1.165, 1.54) is 0 Å². The van der Waals surface area contributed by atoms with Crippen molar-refractivity contribution in [3.63, 3.8) is 0 Å². The van der Waals surface area contributed by atoms with Crippen LogP contribution in [0.4, 0.5) is 14.5 Å². The number of rotatable bonds is 5. The molecule has 0 bridgehead atoms. The number of carbonyl (C=O) groups is 2. The maximum Gasteiger partial charge on any atom is 0.340 e. The standard InChI is InChI=1S/C20H21F2NO4/c1-20(2,3)12-5-7-13(8-6-12)27-11-18(24)23-17-9-14(19(25)26-4)15(21)10-16(17)22/h5-10H,11H2,1-4H3,(H,23,24). The lowest BCUT2D eigenvalue weighted by Crippen LogP contribution is -2.21. The van der Waals surface area contributed by atoms with E-state index in [1.54, 1.807) is 12.1 Å². The van der Waals surface area contributed by atoms with Gasteiger partial charge in [0.15, 0.2) is 6.61 Å². The fraction of sp³-hybridized carbons (Fsp3) is 0.300. The normalized spacial score (nSPS) is 11.0. The largest absolute Gasteiger partial charge is 0.484 e. The van der Waals surface area contributed by atoms with Crippen LogP contribution in [0.2, 0.25) is 0 Å². The van der Waals surface area contributed by atoms with Gasteiger partial charge in [0, 0.05) is 6.07 Å². The van der Waals surface area contributed by atoms with Crippen LogP contribution in [0.15, 0.2) is 36.4 Å². The Morgan fingerprint density at radius 3 is 2.22 bits per heavy atom. The molecule has 0 heterocycles. The van der Waals surface area contributed by atoms with Crippen molar-refractivity contribution in [1.29, 1.82) is 0 Å². The van der Waals surface area contributed by atoms with Gasteiger partial charge in [0.2, 0.25) is 0 Å². The molecule has 0 spiro atoms. The van der Waals surface area contributed by atoms with E-state index in [0.717, 1.165) is 18.7 Å². The molecule has 0 atom stereocenters. The number of anilines is 1. The first-order valence-electron chi connectivity index (χ1n) is 8.22. The number of esters is 1. The molecule has 0 fully saturated rings. The molecule has 0 aliphatic carbocycles. The minimum Gasteiger partial charge on any atom is -0.484 e. The average Bonchev–Trinajstić information content (AvgIpc) is 2.61. The Morgan fingerprint density at radius 2 is 1.67 bits per heavy atom. The zero-order chi connectivity index (χ0) is 20.2. The summed E-state index contributed by atoms with van der Waals surface area (Å²) in [7, 11) is 1.07. The van der Waals surface area contributed by atoms with Crippen LogP contribution in [0, 0.1) is 11.6 Å². The van der Waals surface area contributed by atoms with Crippen molar-refractivity contribution < 1.29 is 27.8 Å². The number of benzene rings is 2. The van der Waals surface area contributed by atoms with Gasteiger partial charge in [-0.2, -0.15) is 0 Å². The highest BCUT2D eigenvalue weighted by Crippen LogP contribution is 2.24. The first kappa shape index (κ1) is 20.4. The highest BCUT2D eigenvalue weighted by atomic mass is 19.1. The first-order valence-corrected chi connectivity index (χ1v) is 8.22. The average molecular weight is 377 g/mol. The molecule has 1 amide bonds. The topological polar surface area (TPSA) is 64.6 Å². The summed E-state index contributed by atoms with van der Waals surface area (Å²) in [5.74, 6) is -3.24. The van der Waals surface area contributed by atoms with Crippen LogP contribution >= 0.6 is 0 Å². The molecule has 27 heavy (non-hydrogen) atoms. The van der Waals surface area contributed by atoms with Gasteiger partial charge in [0.25, 0.3) is 5.91 Å². The van der Waals surface area contributed by atoms with Crippen molar-refractivity contribution in [2.24, 2.45) is 0 Å². The second kappa shape index (κ2) is 8.16. The van der Waals surface area contributed by atoms with Crippen LogP contribution in [0.25, 0.3) is 0 Å². The summed E-state index contributed by atoms with van der Waals surface area (Å²) in [6.45, 7) is 5.86. The minimum absolute atomic E-state index is 0.00659. The third-order valence-electron chi connectivity index (χ3n) is 3.83. The fourth-order valence-electron chi connectivity index (χ4n) is 2.30. The molecule has 2 aromatic rings. The molecule has 5 nitrogen and oxygen atoms in total. The van der Waals surface area contributed by atoms with E-state index in [9.17, 15) is 18.4 Å². The smallest absolute Gasteiger partial charge is 0.340 e. The quantitative estimate of drug-likeness (QED) is 0.798. The van der Waals surface area contributed by atoms with E-state index >= 15 is 0 Å². The summed E-state index contributed by atoms with van der Waals surface area (Å²) >= 11 is 0. The fourth-order valence-corrected chi connectivity index (χ4v) is 2.30. The summed E-state index contributed by atoms with van der Waals surface area (Å²) in [5, 5.41) is 2.25. The number of amides is 1. The molecule has 2 aromatic carbocycles. The first-order chi connectivity index (χ1) is 12.6. The van der Waals surface area contributed by atoms with Gasteiger partial charge in [-0.25, -0.2) is 13.6 Å². The second-order valence-corrected chi connectivity index (χ2v) is 6.91. The highest BCUT2D eigenvalue weighted by Gasteiger charge is 2.18. The van der Waals surface area contributed by atoms with Crippen LogP contribution in [0.3, 0.4) is 0 Å². The van der Waals surface area contributed by atoms with Gasteiger partial charge in [-0.1, -0.05) is 32.9 Å². The number of hydrogen-bond acceptors (Lipinski definition) is 4. The van der Waals surface area contributed by atoms with Crippen LogP contribution in [-0.2, 0) is 14.9 Å². The van der Waals surface area contributed by atoms with Gasteiger partial charge in [-0.3, -0.25) is 4.79 Å². The SMILES string of the molecule is COC(=O)c1cc(NC(=O)COc2ccc(C(C)(C)C)cc2)c(F)cc1F. The summed E-state index contributed by atoms with van der Waals surface area (Å²) < 4.78 is 37.2. The number of carbonyl (C=O) groups excluding carboxylic acids is 2. The van der Waals surface area contributed by atoms with Gasteiger partial charge < -0.3 is 14.8 Å². The van der Waals surface area contributed by atoms with E-state index in [0.29, 0.717) is 11.8 Å². The number of nitrogens with one attached hydrogen (secondary N) is 1. The summed E-state index contributed by atoms with van der Waals surface area (Å²) in [6, 6.07) is 8.66. The molecular weight excluding hydrogens is 356 g/mol. The van der Waals surface area contributed by atoms with Crippen molar-refractivity contribution in [3.8, 4) is 5.75 Å². The van der Waals surface area contributed by atoms with Crippen LogP contribution < -0.4 is 10.1 Å². The zero-order valence-corrected chi connectivity index (χ0v) is 15.6. The maximum absolute atomic E-state index is 13.8. The van der Waals surface area contributed by atoms with Crippen molar-refractivity contribution in [3.05, 3.63) is 59.2 Å². The van der Waals surface area contributed by atoms with E-state index in [2.05, 4.69) is 30.8 Å². The maximum atomic E-state index is 13.8. The van der Waals surface area contributed by atoms with Crippen molar-refractivity contribution in [2.45, 2.75) is 26.2 Å². The minimum atomic E-state index is -1.08. The van der Waals surface area contributed by atoms with Gasteiger partial charge in [-0.05, 0) is 29.2 Å². The lowest BCUT2D eigenvalue weighted by atomic mass is 9.87. The predicted molar refractivity (Wildman–Crippen MR) is 97.0 cm³/mol. The number of methoxy groups -OCH3 is 1. The number of hydrogen-bond donors (Lipinski definition) is 1. The molecule has 0 aromatic heterocycles. The third kappa shape index (κ3) is 5.26. The summed E-state index contributed by atoms with van der Waals surface area (Å²) in [6.07, 6.45) is 0. The Morgan fingerprint density at radius 1 is 1.04 bits per heavy atom. The zero-order valence-electron chi connectivity index (χ0n) is 15.6. The lowest BCUT2D eigenvalue weighted by molar-refractivity contribution is -0.118. The predicted octanol–water partition coefficient (Wildman–Crippen LogP) is 4.07. The van der Waals surface area contributed by atoms with Crippen molar-refractivity contribution in [1.82, 2.24) is 0 Å². The van der Waals surface area contributed by atoms with Crippen LogP contribution in [0.5, 0.6) is 5.75 Å². The highest BCUT2D eigenvalue weighted by molar-refractivity contribution is 5.95. The van der Waals surface area contributed by atoms with Gasteiger partial charge >= 0.3 is 5.97 Å². The number of ether oxygens (including phenoxy) is 2. The molecule has 0 saturated carbocycles. The molecule has 0 aliphatic heterocycles. The number of halogens is 2. The Balaban J connectivity index is 2.03. The Labute approximate surface area is 156 Å². The van der Waals surface area contributed by atoms with E-state index in [-0.39, 0.29) is 17.7 Å². The summed E-state index contributed by atoms with van der Waals surface area (Å²) in [4.78, 5) is 23.5. The molecule has 0 aliphatic rings. The monoisotopic (exact) mass is 377 g/mol. The molecular formula is C20H21F2NO4. The van der Waals surface area contributed by atoms with Crippen LogP contribution in [-0.4, -0.2) is 25.6 Å². The second-order valence-electron chi connectivity index (χ2n) is 6.91. The molecule has 144 valence electrons. The molecule has 0 unspecified atom stereocenters. The summed E-state index contributed by atoms with van der Waals surface area (Å²) in [5.41, 5.74) is 0.289. The van der Waals surface area contributed by atoms with E-state index in [4.69, 9.17) is 4.74 Å².